The molecular weight excluding hydrogens is 344 g/mol. The number of pyridine rings is 1. The van der Waals surface area contributed by atoms with Crippen molar-refractivity contribution < 1.29 is 23.1 Å². The van der Waals surface area contributed by atoms with Gasteiger partial charge in [-0.05, 0) is 48.6 Å². The lowest BCUT2D eigenvalue weighted by atomic mass is 10.1. The number of benzene rings is 1. The van der Waals surface area contributed by atoms with Gasteiger partial charge in [0.25, 0.3) is 0 Å². The molecule has 0 saturated heterocycles. The summed E-state index contributed by atoms with van der Waals surface area (Å²) in [6.07, 6.45) is 4.64. The molecule has 1 aliphatic heterocycles. The van der Waals surface area contributed by atoms with Crippen molar-refractivity contribution in [3.63, 3.8) is 0 Å². The number of nitrogens with one attached hydrogen (secondary N) is 1. The Labute approximate surface area is 145 Å². The number of carboxylic acid groups (broad SMARTS) is 1. The summed E-state index contributed by atoms with van der Waals surface area (Å²) in [7, 11) is -4.04. The molecule has 25 heavy (non-hydrogen) atoms. The molecule has 0 fully saturated rings. The van der Waals surface area contributed by atoms with E-state index in [1.165, 1.54) is 18.5 Å². The van der Waals surface area contributed by atoms with Gasteiger partial charge in [-0.3, -0.25) is 9.78 Å². The number of para-hydroxylation sites is 1. The molecule has 0 saturated carbocycles. The van der Waals surface area contributed by atoms with Crippen molar-refractivity contribution in [2.75, 3.05) is 6.61 Å². The van der Waals surface area contributed by atoms with E-state index in [1.807, 2.05) is 6.07 Å². The van der Waals surface area contributed by atoms with E-state index >= 15 is 0 Å². The van der Waals surface area contributed by atoms with Gasteiger partial charge in [0.15, 0.2) is 0 Å². The van der Waals surface area contributed by atoms with Crippen molar-refractivity contribution >= 4 is 16.0 Å². The van der Waals surface area contributed by atoms with Crippen LogP contribution in [0.3, 0.4) is 0 Å². The Balaban J connectivity index is 1.88. The number of rotatable bonds is 6. The lowest BCUT2D eigenvalue weighted by Crippen LogP contribution is -2.42. The summed E-state index contributed by atoms with van der Waals surface area (Å²) >= 11 is 0. The van der Waals surface area contributed by atoms with Crippen LogP contribution in [0.25, 0.3) is 0 Å². The van der Waals surface area contributed by atoms with Gasteiger partial charge in [0.2, 0.25) is 10.0 Å². The topological polar surface area (TPSA) is 106 Å². The molecule has 0 amide bonds. The molecule has 0 aliphatic carbocycles. The minimum atomic E-state index is -4.04. The van der Waals surface area contributed by atoms with Crippen molar-refractivity contribution in [2.45, 2.75) is 30.2 Å². The number of nitrogens with zero attached hydrogens (tertiary/aromatic N) is 1. The van der Waals surface area contributed by atoms with Crippen molar-refractivity contribution in [3.8, 4) is 5.75 Å². The molecule has 0 bridgehead atoms. The Bertz CT molecular complexity index is 868. The van der Waals surface area contributed by atoms with Gasteiger partial charge in [0.1, 0.15) is 16.7 Å². The number of aryl methyl sites for hydroxylation is 1. The molecular formula is C17H18N2O5S. The van der Waals surface area contributed by atoms with Crippen LogP contribution in [-0.2, 0) is 27.7 Å². The number of aromatic nitrogens is 1. The quantitative estimate of drug-likeness (QED) is 0.804. The van der Waals surface area contributed by atoms with Crippen LogP contribution in [0, 0.1) is 0 Å². The van der Waals surface area contributed by atoms with Crippen molar-refractivity contribution in [1.82, 2.24) is 9.71 Å². The molecule has 1 atom stereocenters. The van der Waals surface area contributed by atoms with Gasteiger partial charge >= 0.3 is 5.97 Å². The zero-order valence-corrected chi connectivity index (χ0v) is 14.2. The zero-order chi connectivity index (χ0) is 17.9. The second-order valence-corrected chi connectivity index (χ2v) is 7.45. The smallest absolute Gasteiger partial charge is 0.322 e. The zero-order valence-electron chi connectivity index (χ0n) is 13.4. The predicted molar refractivity (Wildman–Crippen MR) is 89.9 cm³/mol. The molecule has 1 aliphatic rings. The van der Waals surface area contributed by atoms with E-state index < -0.39 is 22.0 Å². The second-order valence-electron chi connectivity index (χ2n) is 5.77. The molecule has 0 radical (unpaired) electrons. The first kappa shape index (κ1) is 17.4. The fraction of sp³-hybridized carbons (Fsp3) is 0.294. The van der Waals surface area contributed by atoms with Crippen LogP contribution in [0.4, 0.5) is 0 Å². The monoisotopic (exact) mass is 362 g/mol. The minimum Gasteiger partial charge on any atom is -0.492 e. The van der Waals surface area contributed by atoms with Crippen molar-refractivity contribution in [1.29, 1.82) is 0 Å². The first-order valence-corrected chi connectivity index (χ1v) is 9.34. The lowest BCUT2D eigenvalue weighted by Gasteiger charge is -2.21. The highest BCUT2D eigenvalue weighted by atomic mass is 32.2. The van der Waals surface area contributed by atoms with E-state index in [0.717, 1.165) is 18.4 Å². The molecule has 1 unspecified atom stereocenters. The average molecular weight is 362 g/mol. The maximum Gasteiger partial charge on any atom is 0.322 e. The first-order valence-electron chi connectivity index (χ1n) is 7.86. The van der Waals surface area contributed by atoms with Crippen LogP contribution in [0.1, 0.15) is 17.5 Å². The molecule has 1 aromatic carbocycles. The standard InChI is InChI=1S/C17H18N2O5S/c20-17(21)14(11-12-6-8-18-9-7-12)19-25(22,23)15-5-1-3-13-4-2-10-24-16(13)15/h1,3,5-9,14,19H,2,4,10-11H2,(H,20,21). The molecule has 7 nitrogen and oxygen atoms in total. The Morgan fingerprint density at radius 3 is 2.76 bits per heavy atom. The average Bonchev–Trinajstić information content (AvgIpc) is 2.61. The molecule has 2 heterocycles. The van der Waals surface area contributed by atoms with E-state index in [0.29, 0.717) is 17.9 Å². The third kappa shape index (κ3) is 3.97. The van der Waals surface area contributed by atoms with Crippen LogP contribution in [-0.4, -0.2) is 37.1 Å². The van der Waals surface area contributed by atoms with E-state index in [1.54, 1.807) is 18.2 Å². The van der Waals surface area contributed by atoms with E-state index in [2.05, 4.69) is 9.71 Å². The molecule has 8 heteroatoms. The number of aliphatic carboxylic acids is 1. The normalized spacial score (nSPS) is 15.0. The molecule has 1 aromatic heterocycles. The van der Waals surface area contributed by atoms with Crippen molar-refractivity contribution in [2.24, 2.45) is 0 Å². The van der Waals surface area contributed by atoms with Crippen LogP contribution >= 0.6 is 0 Å². The summed E-state index contributed by atoms with van der Waals surface area (Å²) in [4.78, 5) is 15.4. The van der Waals surface area contributed by atoms with Crippen LogP contribution in [0.15, 0.2) is 47.6 Å². The number of ether oxygens (including phenoxy) is 1. The fourth-order valence-electron chi connectivity index (χ4n) is 2.76. The van der Waals surface area contributed by atoms with E-state index in [4.69, 9.17) is 4.74 Å². The van der Waals surface area contributed by atoms with Gasteiger partial charge in [-0.25, -0.2) is 8.42 Å². The number of hydrogen-bond acceptors (Lipinski definition) is 5. The van der Waals surface area contributed by atoms with Gasteiger partial charge in [-0.1, -0.05) is 12.1 Å². The SMILES string of the molecule is O=C(O)C(Cc1ccncc1)NS(=O)(=O)c1cccc2c1OCCC2. The number of carbonyl (C=O) groups is 1. The maximum atomic E-state index is 12.7. The Kier molecular flexibility index (Phi) is 5.00. The van der Waals surface area contributed by atoms with Gasteiger partial charge in [-0.15, -0.1) is 0 Å². The van der Waals surface area contributed by atoms with Crippen LogP contribution in [0.2, 0.25) is 0 Å². The summed E-state index contributed by atoms with van der Waals surface area (Å²) in [5.41, 5.74) is 1.49. The summed E-state index contributed by atoms with van der Waals surface area (Å²) < 4.78 is 33.3. The van der Waals surface area contributed by atoms with E-state index in [9.17, 15) is 18.3 Å². The van der Waals surface area contributed by atoms with Crippen molar-refractivity contribution in [3.05, 3.63) is 53.9 Å². The highest BCUT2D eigenvalue weighted by molar-refractivity contribution is 7.89. The summed E-state index contributed by atoms with van der Waals surface area (Å²) in [5.74, 6) is -0.930. The molecule has 132 valence electrons. The third-order valence-electron chi connectivity index (χ3n) is 3.97. The molecule has 0 spiro atoms. The number of fused-ring (bicyclic) bond motifs is 1. The third-order valence-corrected chi connectivity index (χ3v) is 5.47. The second kappa shape index (κ2) is 7.20. The van der Waals surface area contributed by atoms with Crippen LogP contribution in [0.5, 0.6) is 5.75 Å². The fourth-order valence-corrected chi connectivity index (χ4v) is 4.13. The molecule has 2 N–H and O–H groups in total. The highest BCUT2D eigenvalue weighted by Gasteiger charge is 2.29. The van der Waals surface area contributed by atoms with E-state index in [-0.39, 0.29) is 11.3 Å². The Morgan fingerprint density at radius 2 is 2.04 bits per heavy atom. The molecule has 2 aromatic rings. The van der Waals surface area contributed by atoms with Gasteiger partial charge in [0, 0.05) is 12.4 Å². The summed E-state index contributed by atoms with van der Waals surface area (Å²) in [5, 5.41) is 9.41. The molecule has 3 rings (SSSR count). The Morgan fingerprint density at radius 1 is 1.28 bits per heavy atom. The van der Waals surface area contributed by atoms with Gasteiger partial charge in [-0.2, -0.15) is 4.72 Å². The van der Waals surface area contributed by atoms with Gasteiger partial charge in [0.05, 0.1) is 6.61 Å². The maximum absolute atomic E-state index is 12.7. The highest BCUT2D eigenvalue weighted by Crippen LogP contribution is 2.32. The largest absolute Gasteiger partial charge is 0.492 e. The minimum absolute atomic E-state index is 0.0208. The number of sulfonamides is 1. The summed E-state index contributed by atoms with van der Waals surface area (Å²) in [6.45, 7) is 0.443. The van der Waals surface area contributed by atoms with Gasteiger partial charge < -0.3 is 9.84 Å². The number of carboxylic acids is 1. The predicted octanol–water partition coefficient (Wildman–Crippen LogP) is 1.38. The van der Waals surface area contributed by atoms with Crippen LogP contribution < -0.4 is 9.46 Å². The first-order chi connectivity index (χ1) is 12.0. The summed E-state index contributed by atoms with van der Waals surface area (Å²) in [6, 6.07) is 6.90. The lowest BCUT2D eigenvalue weighted by molar-refractivity contribution is -0.138. The number of hydrogen-bond donors (Lipinski definition) is 2. The Hall–Kier alpha value is -2.45.